The Morgan fingerprint density at radius 2 is 2.10 bits per heavy atom. The normalized spacial score (nSPS) is 19.7. The number of aromatic nitrogens is 1. The van der Waals surface area contributed by atoms with Crippen LogP contribution in [-0.2, 0) is 22.3 Å². The number of nitrogens with two attached hydrogens (primary N) is 1. The van der Waals surface area contributed by atoms with E-state index in [1.54, 1.807) is 0 Å². The van der Waals surface area contributed by atoms with Crippen LogP contribution in [0.3, 0.4) is 0 Å². The molecular weight excluding hydrogens is 289 g/mol. The average Bonchev–Trinajstić information content (AvgIpc) is 2.41. The molecule has 1 saturated heterocycles. The Bertz CT molecular complexity index is 588. The number of anilines is 1. The Labute approximate surface area is 118 Å². The summed E-state index contributed by atoms with van der Waals surface area (Å²) in [5, 5.41) is 2.11. The lowest BCUT2D eigenvalue weighted by Crippen LogP contribution is -2.57. The van der Waals surface area contributed by atoms with E-state index in [0.717, 1.165) is 6.07 Å². The minimum atomic E-state index is -4.62. The van der Waals surface area contributed by atoms with Crippen molar-refractivity contribution in [3.8, 4) is 0 Å². The van der Waals surface area contributed by atoms with Gasteiger partial charge in [-0.05, 0) is 13.0 Å². The summed E-state index contributed by atoms with van der Waals surface area (Å²) in [4.78, 5) is 27.8. The molecule has 1 atom stereocenters. The van der Waals surface area contributed by atoms with E-state index >= 15 is 0 Å². The first-order valence-electron chi connectivity index (χ1n) is 6.11. The maximum Gasteiger partial charge on any atom is 0.433 e. The van der Waals surface area contributed by atoms with Crippen molar-refractivity contribution in [1.29, 1.82) is 0 Å². The van der Waals surface area contributed by atoms with Crippen LogP contribution in [0.2, 0.25) is 0 Å². The number of halogens is 3. The fraction of sp³-hybridized carbons (Fsp3) is 0.417. The maximum absolute atomic E-state index is 12.8. The largest absolute Gasteiger partial charge is 0.433 e. The van der Waals surface area contributed by atoms with Gasteiger partial charge in [-0.15, -0.1) is 0 Å². The van der Waals surface area contributed by atoms with Gasteiger partial charge < -0.3 is 10.6 Å². The minimum Gasteiger partial charge on any atom is -0.335 e. The van der Waals surface area contributed by atoms with Crippen LogP contribution in [0.5, 0.6) is 0 Å². The van der Waals surface area contributed by atoms with E-state index in [-0.39, 0.29) is 18.9 Å². The molecular formula is C12H13F3N4O2. The molecule has 0 spiro atoms. The lowest BCUT2D eigenvalue weighted by Gasteiger charge is -2.34. The van der Waals surface area contributed by atoms with Gasteiger partial charge in [0.2, 0.25) is 11.8 Å². The van der Waals surface area contributed by atoms with Crippen molar-refractivity contribution in [3.05, 3.63) is 23.4 Å². The van der Waals surface area contributed by atoms with E-state index in [4.69, 9.17) is 5.73 Å². The van der Waals surface area contributed by atoms with Crippen molar-refractivity contribution in [2.45, 2.75) is 25.7 Å². The number of piperazine rings is 1. The van der Waals surface area contributed by atoms with Gasteiger partial charge in [0, 0.05) is 12.1 Å². The second-order valence-electron chi connectivity index (χ2n) is 4.60. The summed E-state index contributed by atoms with van der Waals surface area (Å²) in [5.41, 5.74) is 4.73. The molecule has 21 heavy (non-hydrogen) atoms. The van der Waals surface area contributed by atoms with Crippen LogP contribution in [0.25, 0.3) is 0 Å². The predicted octanol–water partition coefficient (Wildman–Crippen LogP) is 0.410. The van der Waals surface area contributed by atoms with Gasteiger partial charge in [0.15, 0.2) is 0 Å². The van der Waals surface area contributed by atoms with Crippen molar-refractivity contribution in [1.82, 2.24) is 10.3 Å². The van der Waals surface area contributed by atoms with Crippen LogP contribution in [-0.4, -0.2) is 29.4 Å². The molecule has 9 heteroatoms. The molecule has 0 radical (unpaired) electrons. The molecule has 1 aromatic heterocycles. The summed E-state index contributed by atoms with van der Waals surface area (Å²) in [6, 6.07) is 1.21. The fourth-order valence-corrected chi connectivity index (χ4v) is 2.02. The van der Waals surface area contributed by atoms with Gasteiger partial charge in [0.1, 0.15) is 17.6 Å². The monoisotopic (exact) mass is 302 g/mol. The molecule has 0 saturated carbocycles. The lowest BCUT2D eigenvalue weighted by molar-refractivity contribution is -0.141. The molecule has 6 nitrogen and oxygen atoms in total. The third-order valence-corrected chi connectivity index (χ3v) is 3.16. The summed E-state index contributed by atoms with van der Waals surface area (Å²) < 4.78 is 38.3. The third-order valence-electron chi connectivity index (χ3n) is 3.16. The SMILES string of the molecule is CC1C(=O)NC(=O)CN1c1nc(C(F)(F)F)ccc1CN. The van der Waals surface area contributed by atoms with E-state index in [2.05, 4.69) is 10.3 Å². The number of hydrogen-bond donors (Lipinski definition) is 2. The van der Waals surface area contributed by atoms with Gasteiger partial charge in [0.05, 0.1) is 6.54 Å². The molecule has 114 valence electrons. The Balaban J connectivity index is 2.50. The van der Waals surface area contributed by atoms with E-state index in [9.17, 15) is 22.8 Å². The fourth-order valence-electron chi connectivity index (χ4n) is 2.02. The Morgan fingerprint density at radius 1 is 1.43 bits per heavy atom. The predicted molar refractivity (Wildman–Crippen MR) is 67.1 cm³/mol. The molecule has 1 fully saturated rings. The molecule has 2 heterocycles. The maximum atomic E-state index is 12.8. The molecule has 0 aliphatic carbocycles. The topological polar surface area (TPSA) is 88.3 Å². The average molecular weight is 302 g/mol. The Morgan fingerprint density at radius 3 is 2.67 bits per heavy atom. The second kappa shape index (κ2) is 5.32. The number of hydrogen-bond acceptors (Lipinski definition) is 5. The van der Waals surface area contributed by atoms with Crippen LogP contribution < -0.4 is 16.0 Å². The highest BCUT2D eigenvalue weighted by molar-refractivity contribution is 6.04. The summed E-state index contributed by atoms with van der Waals surface area (Å²) >= 11 is 0. The highest BCUT2D eigenvalue weighted by atomic mass is 19.4. The smallest absolute Gasteiger partial charge is 0.335 e. The van der Waals surface area contributed by atoms with Gasteiger partial charge in [-0.1, -0.05) is 6.07 Å². The second-order valence-corrected chi connectivity index (χ2v) is 4.60. The summed E-state index contributed by atoms with van der Waals surface area (Å²) in [5.74, 6) is -1.28. The summed E-state index contributed by atoms with van der Waals surface area (Å²) in [7, 11) is 0. The molecule has 0 bridgehead atoms. The van der Waals surface area contributed by atoms with E-state index < -0.39 is 29.7 Å². The van der Waals surface area contributed by atoms with Crippen molar-refractivity contribution in [2.75, 3.05) is 11.4 Å². The highest BCUT2D eigenvalue weighted by Crippen LogP contribution is 2.31. The molecule has 1 unspecified atom stereocenters. The van der Waals surface area contributed by atoms with Crippen molar-refractivity contribution in [2.24, 2.45) is 5.73 Å². The van der Waals surface area contributed by atoms with E-state index in [1.165, 1.54) is 17.9 Å². The summed E-state index contributed by atoms with van der Waals surface area (Å²) in [6.07, 6.45) is -4.62. The van der Waals surface area contributed by atoms with Crippen molar-refractivity contribution in [3.63, 3.8) is 0 Å². The lowest BCUT2D eigenvalue weighted by atomic mass is 10.1. The number of rotatable bonds is 2. The van der Waals surface area contributed by atoms with Gasteiger partial charge in [-0.3, -0.25) is 14.9 Å². The van der Waals surface area contributed by atoms with Gasteiger partial charge in [-0.25, -0.2) is 4.98 Å². The Hall–Kier alpha value is -2.16. The number of nitrogens with one attached hydrogen (secondary N) is 1. The highest BCUT2D eigenvalue weighted by Gasteiger charge is 2.36. The van der Waals surface area contributed by atoms with Crippen LogP contribution >= 0.6 is 0 Å². The number of imide groups is 1. The third kappa shape index (κ3) is 2.97. The van der Waals surface area contributed by atoms with Crippen LogP contribution in [0, 0.1) is 0 Å². The molecule has 2 rings (SSSR count). The number of amides is 2. The Kier molecular flexibility index (Phi) is 3.86. The first-order valence-corrected chi connectivity index (χ1v) is 6.11. The van der Waals surface area contributed by atoms with Crippen molar-refractivity contribution < 1.29 is 22.8 Å². The number of alkyl halides is 3. The van der Waals surface area contributed by atoms with E-state index in [0.29, 0.717) is 5.56 Å². The number of pyridine rings is 1. The molecule has 1 aromatic rings. The van der Waals surface area contributed by atoms with Gasteiger partial charge in [-0.2, -0.15) is 13.2 Å². The molecule has 3 N–H and O–H groups in total. The van der Waals surface area contributed by atoms with E-state index in [1.807, 2.05) is 0 Å². The zero-order valence-electron chi connectivity index (χ0n) is 11.1. The zero-order valence-corrected chi connectivity index (χ0v) is 11.1. The number of nitrogens with zero attached hydrogens (tertiary/aromatic N) is 2. The van der Waals surface area contributed by atoms with Crippen LogP contribution in [0.1, 0.15) is 18.2 Å². The molecule has 2 amide bonds. The quantitative estimate of drug-likeness (QED) is 0.773. The standard InChI is InChI=1S/C12H13F3N4O2/c1-6-11(21)18-9(20)5-19(6)10-7(4-16)2-3-8(17-10)12(13,14)15/h2-3,6H,4-5,16H2,1H3,(H,18,20,21). The molecule has 1 aliphatic heterocycles. The summed E-state index contributed by atoms with van der Waals surface area (Å²) in [6.45, 7) is 1.16. The first-order chi connectivity index (χ1) is 9.74. The minimum absolute atomic E-state index is 0.0561. The van der Waals surface area contributed by atoms with Crippen LogP contribution in [0.4, 0.5) is 19.0 Å². The number of carbonyl (C=O) groups excluding carboxylic acids is 2. The zero-order chi connectivity index (χ0) is 15.8. The van der Waals surface area contributed by atoms with Crippen LogP contribution in [0.15, 0.2) is 12.1 Å². The van der Waals surface area contributed by atoms with Gasteiger partial charge >= 0.3 is 6.18 Å². The number of carbonyl (C=O) groups is 2. The molecule has 1 aliphatic rings. The van der Waals surface area contributed by atoms with Gasteiger partial charge in [0.25, 0.3) is 0 Å². The molecule has 0 aromatic carbocycles. The first kappa shape index (κ1) is 15.2. The van der Waals surface area contributed by atoms with Crippen molar-refractivity contribution >= 4 is 17.6 Å².